The maximum Gasteiger partial charge on any atom is 0.266 e. The number of H-pyrrole nitrogens is 1. The van der Waals surface area contributed by atoms with Crippen LogP contribution in [0.4, 0.5) is 0 Å². The second-order valence-electron chi connectivity index (χ2n) is 3.61. The molecule has 1 unspecified atom stereocenters. The molecule has 0 amide bonds. The van der Waals surface area contributed by atoms with Crippen LogP contribution in [-0.2, 0) is 7.05 Å². The highest BCUT2D eigenvalue weighted by atomic mass is 16.1. The van der Waals surface area contributed by atoms with E-state index in [1.165, 1.54) is 17.5 Å². The topological polar surface area (TPSA) is 49.8 Å². The summed E-state index contributed by atoms with van der Waals surface area (Å²) < 4.78 is 1.52. The fourth-order valence-corrected chi connectivity index (χ4v) is 1.81. The Morgan fingerprint density at radius 2 is 2.38 bits per heavy atom. The third kappa shape index (κ3) is 1.67. The molecule has 13 heavy (non-hydrogen) atoms. The monoisotopic (exact) mass is 181 g/mol. The predicted octanol–water partition coefficient (Wildman–Crippen LogP) is 0.528. The van der Waals surface area contributed by atoms with Crippen molar-refractivity contribution >= 4 is 0 Å². The van der Waals surface area contributed by atoms with Crippen molar-refractivity contribution in [2.24, 2.45) is 7.05 Å². The summed E-state index contributed by atoms with van der Waals surface area (Å²) in [4.78, 5) is 11.2. The van der Waals surface area contributed by atoms with E-state index in [1.54, 1.807) is 13.1 Å². The van der Waals surface area contributed by atoms with Gasteiger partial charge in [0.1, 0.15) is 0 Å². The van der Waals surface area contributed by atoms with Crippen molar-refractivity contribution < 1.29 is 0 Å². The molecule has 72 valence electrons. The normalized spacial score (nSPS) is 23.3. The van der Waals surface area contributed by atoms with Gasteiger partial charge >= 0.3 is 0 Å². The number of hydrogen-bond acceptors (Lipinski definition) is 2. The number of rotatable bonds is 1. The first-order valence-electron chi connectivity index (χ1n) is 4.77. The zero-order valence-corrected chi connectivity index (χ0v) is 7.84. The van der Waals surface area contributed by atoms with Crippen molar-refractivity contribution in [2.75, 3.05) is 6.54 Å². The van der Waals surface area contributed by atoms with Gasteiger partial charge in [0.2, 0.25) is 0 Å². The minimum absolute atomic E-state index is 0.0439. The third-order valence-electron chi connectivity index (χ3n) is 2.59. The fourth-order valence-electron chi connectivity index (χ4n) is 1.81. The summed E-state index contributed by atoms with van der Waals surface area (Å²) >= 11 is 0. The molecule has 0 aromatic carbocycles. The van der Waals surface area contributed by atoms with E-state index in [0.29, 0.717) is 6.04 Å². The van der Waals surface area contributed by atoms with Crippen LogP contribution in [0.1, 0.15) is 31.0 Å². The summed E-state index contributed by atoms with van der Waals surface area (Å²) in [5.74, 6) is 0. The van der Waals surface area contributed by atoms with Gasteiger partial charge in [0.25, 0.3) is 5.56 Å². The van der Waals surface area contributed by atoms with Crippen LogP contribution in [0.5, 0.6) is 0 Å². The fraction of sp³-hybridized carbons (Fsp3) is 0.667. The molecule has 0 bridgehead atoms. The van der Waals surface area contributed by atoms with Gasteiger partial charge in [-0.1, -0.05) is 6.42 Å². The van der Waals surface area contributed by atoms with E-state index in [2.05, 4.69) is 10.4 Å². The lowest BCUT2D eigenvalue weighted by atomic mass is 10.0. The van der Waals surface area contributed by atoms with Crippen LogP contribution in [0.15, 0.2) is 10.9 Å². The van der Waals surface area contributed by atoms with E-state index in [1.807, 2.05) is 0 Å². The van der Waals surface area contributed by atoms with Crippen molar-refractivity contribution in [2.45, 2.75) is 25.3 Å². The van der Waals surface area contributed by atoms with Gasteiger partial charge in [0, 0.05) is 19.2 Å². The molecule has 0 aliphatic carbocycles. The highest BCUT2D eigenvalue weighted by Crippen LogP contribution is 2.19. The molecule has 1 aromatic heterocycles. The zero-order valence-electron chi connectivity index (χ0n) is 7.84. The maximum absolute atomic E-state index is 11.2. The highest BCUT2D eigenvalue weighted by Gasteiger charge is 2.16. The van der Waals surface area contributed by atoms with E-state index in [0.717, 1.165) is 18.7 Å². The molecule has 0 spiro atoms. The predicted molar refractivity (Wildman–Crippen MR) is 50.6 cm³/mol. The Kier molecular flexibility index (Phi) is 2.22. The first-order chi connectivity index (χ1) is 6.27. The zero-order chi connectivity index (χ0) is 9.26. The highest BCUT2D eigenvalue weighted by molar-refractivity contribution is 5.06. The third-order valence-corrected chi connectivity index (χ3v) is 2.59. The van der Waals surface area contributed by atoms with Crippen molar-refractivity contribution in [3.63, 3.8) is 0 Å². The molecule has 0 radical (unpaired) electrons. The van der Waals surface area contributed by atoms with E-state index in [-0.39, 0.29) is 5.56 Å². The Balaban J connectivity index is 2.19. The average molecular weight is 181 g/mol. The number of aromatic amines is 1. The molecule has 1 aliphatic rings. The molecule has 1 atom stereocenters. The minimum Gasteiger partial charge on any atom is -0.309 e. The first-order valence-corrected chi connectivity index (χ1v) is 4.77. The van der Waals surface area contributed by atoms with Crippen LogP contribution in [0.3, 0.4) is 0 Å². The molecular weight excluding hydrogens is 166 g/mol. The van der Waals surface area contributed by atoms with E-state index in [4.69, 9.17) is 0 Å². The van der Waals surface area contributed by atoms with Gasteiger partial charge in [0.05, 0.1) is 5.69 Å². The Morgan fingerprint density at radius 3 is 2.92 bits per heavy atom. The summed E-state index contributed by atoms with van der Waals surface area (Å²) in [6.07, 6.45) is 3.61. The molecule has 4 heteroatoms. The van der Waals surface area contributed by atoms with Crippen LogP contribution < -0.4 is 10.9 Å². The second kappa shape index (κ2) is 3.38. The number of piperidine rings is 1. The lowest BCUT2D eigenvalue weighted by Crippen LogP contribution is -2.27. The molecular formula is C9H15N3O. The SMILES string of the molecule is Cn1[nH]c(C2CCCCN2)cc1=O. The van der Waals surface area contributed by atoms with Crippen molar-refractivity contribution in [3.05, 3.63) is 22.1 Å². The Morgan fingerprint density at radius 1 is 1.54 bits per heavy atom. The smallest absolute Gasteiger partial charge is 0.266 e. The number of aromatic nitrogens is 2. The molecule has 1 saturated heterocycles. The molecule has 4 nitrogen and oxygen atoms in total. The molecule has 2 rings (SSSR count). The second-order valence-corrected chi connectivity index (χ2v) is 3.61. The van der Waals surface area contributed by atoms with E-state index in [9.17, 15) is 4.79 Å². The summed E-state index contributed by atoms with van der Waals surface area (Å²) in [6.45, 7) is 1.06. The Labute approximate surface area is 76.9 Å². The van der Waals surface area contributed by atoms with Gasteiger partial charge in [0.15, 0.2) is 0 Å². The van der Waals surface area contributed by atoms with Gasteiger partial charge in [-0.25, -0.2) is 0 Å². The molecule has 1 aliphatic heterocycles. The lowest BCUT2D eigenvalue weighted by molar-refractivity contribution is 0.402. The van der Waals surface area contributed by atoms with E-state index < -0.39 is 0 Å². The number of nitrogens with one attached hydrogen (secondary N) is 2. The van der Waals surface area contributed by atoms with Crippen LogP contribution in [-0.4, -0.2) is 16.3 Å². The largest absolute Gasteiger partial charge is 0.309 e. The molecule has 2 heterocycles. The van der Waals surface area contributed by atoms with Gasteiger partial charge in [-0.2, -0.15) is 0 Å². The number of hydrogen-bond donors (Lipinski definition) is 2. The van der Waals surface area contributed by atoms with Gasteiger partial charge in [-0.15, -0.1) is 0 Å². The van der Waals surface area contributed by atoms with Gasteiger partial charge in [-0.3, -0.25) is 14.6 Å². The molecule has 0 saturated carbocycles. The molecule has 1 aromatic rings. The number of aryl methyl sites for hydroxylation is 1. The van der Waals surface area contributed by atoms with Crippen molar-refractivity contribution in [1.82, 2.24) is 15.1 Å². The van der Waals surface area contributed by atoms with Crippen LogP contribution in [0, 0.1) is 0 Å². The number of nitrogens with zero attached hydrogens (tertiary/aromatic N) is 1. The van der Waals surface area contributed by atoms with Gasteiger partial charge < -0.3 is 5.32 Å². The van der Waals surface area contributed by atoms with Crippen LogP contribution >= 0.6 is 0 Å². The summed E-state index contributed by atoms with van der Waals surface area (Å²) in [6, 6.07) is 2.03. The standard InChI is InChI=1S/C9H15N3O/c1-12-9(13)6-8(11-12)7-4-2-3-5-10-7/h6-7,10-11H,2-5H2,1H3. The quantitative estimate of drug-likeness (QED) is 0.664. The van der Waals surface area contributed by atoms with Crippen LogP contribution in [0.25, 0.3) is 0 Å². The Bertz CT molecular complexity index is 333. The first kappa shape index (κ1) is 8.56. The maximum atomic E-state index is 11.2. The van der Waals surface area contributed by atoms with Crippen LogP contribution in [0.2, 0.25) is 0 Å². The average Bonchev–Trinajstić information content (AvgIpc) is 2.49. The van der Waals surface area contributed by atoms with Crippen molar-refractivity contribution in [1.29, 1.82) is 0 Å². The molecule has 2 N–H and O–H groups in total. The van der Waals surface area contributed by atoms with Gasteiger partial charge in [-0.05, 0) is 19.4 Å². The summed E-state index contributed by atoms with van der Waals surface area (Å²) in [5, 5.41) is 6.45. The van der Waals surface area contributed by atoms with Crippen molar-refractivity contribution in [3.8, 4) is 0 Å². The summed E-state index contributed by atoms with van der Waals surface area (Å²) in [7, 11) is 1.74. The summed E-state index contributed by atoms with van der Waals surface area (Å²) in [5.41, 5.74) is 1.06. The lowest BCUT2D eigenvalue weighted by Gasteiger charge is -2.21. The Hall–Kier alpha value is -1.03. The molecule has 1 fully saturated rings. The minimum atomic E-state index is 0.0439. The van der Waals surface area contributed by atoms with E-state index >= 15 is 0 Å².